The van der Waals surface area contributed by atoms with E-state index in [-0.39, 0.29) is 41.6 Å². The van der Waals surface area contributed by atoms with Crippen LogP contribution in [0.1, 0.15) is 45.3 Å². The van der Waals surface area contributed by atoms with E-state index in [2.05, 4.69) is 25.6 Å². The number of aromatic nitrogens is 4. The van der Waals surface area contributed by atoms with E-state index in [1.165, 1.54) is 0 Å². The fourth-order valence-corrected chi connectivity index (χ4v) is 5.34. The summed E-state index contributed by atoms with van der Waals surface area (Å²) in [7, 11) is 0. The van der Waals surface area contributed by atoms with Gasteiger partial charge in [0.25, 0.3) is 17.9 Å². The Morgan fingerprint density at radius 1 is 1.33 bits per heavy atom. The van der Waals surface area contributed by atoms with Crippen LogP contribution in [0.4, 0.5) is 5.13 Å². The van der Waals surface area contributed by atoms with Gasteiger partial charge < -0.3 is 24.4 Å². The van der Waals surface area contributed by atoms with Gasteiger partial charge in [0, 0.05) is 43.4 Å². The van der Waals surface area contributed by atoms with E-state index in [0.29, 0.717) is 12.2 Å². The van der Waals surface area contributed by atoms with Crippen LogP contribution in [0.5, 0.6) is 0 Å². The van der Waals surface area contributed by atoms with E-state index in [0.717, 1.165) is 35.3 Å². The maximum atomic E-state index is 12.8. The maximum absolute atomic E-state index is 12.8. The lowest BCUT2D eigenvalue weighted by Crippen LogP contribution is -2.52. The van der Waals surface area contributed by atoms with Crippen molar-refractivity contribution in [2.75, 3.05) is 24.5 Å². The lowest BCUT2D eigenvalue weighted by molar-refractivity contribution is -0.122. The summed E-state index contributed by atoms with van der Waals surface area (Å²) >= 11 is 1.58. The van der Waals surface area contributed by atoms with Crippen molar-refractivity contribution >= 4 is 28.8 Å². The molecule has 0 spiro atoms. The number of piperidine rings is 1. The van der Waals surface area contributed by atoms with Gasteiger partial charge in [-0.05, 0) is 32.3 Å². The molecule has 0 radical (unpaired) electrons. The van der Waals surface area contributed by atoms with Gasteiger partial charge in [0.1, 0.15) is 5.01 Å². The number of aryl methyl sites for hydroxylation is 2. The minimum atomic E-state index is -0.323. The topological polar surface area (TPSA) is 143 Å². The van der Waals surface area contributed by atoms with Crippen LogP contribution in [0, 0.1) is 19.8 Å². The molecule has 2 aliphatic rings. The summed E-state index contributed by atoms with van der Waals surface area (Å²) in [6.07, 6.45) is 0.972. The Labute approximate surface area is 193 Å². The monoisotopic (exact) mass is 472 g/mol. The smallest absolute Gasteiger partial charge is 0.290 e. The van der Waals surface area contributed by atoms with Crippen LogP contribution in [-0.2, 0) is 4.79 Å². The van der Waals surface area contributed by atoms with Gasteiger partial charge in [-0.3, -0.25) is 14.4 Å². The number of nitrogens with zero attached hydrogens (tertiary/aromatic N) is 5. The predicted octanol–water partition coefficient (Wildman–Crippen LogP) is 1.60. The molecule has 33 heavy (non-hydrogen) atoms. The van der Waals surface area contributed by atoms with Gasteiger partial charge >= 0.3 is 0 Å². The molecule has 1 amide bonds. The lowest BCUT2D eigenvalue weighted by Gasteiger charge is -2.46. The maximum Gasteiger partial charge on any atom is 0.290 e. The molecule has 3 aromatic heterocycles. The van der Waals surface area contributed by atoms with Gasteiger partial charge in [-0.15, -0.1) is 10.2 Å². The zero-order valence-corrected chi connectivity index (χ0v) is 19.0. The molecule has 11 nitrogen and oxygen atoms in total. The molecule has 0 saturated carbocycles. The van der Waals surface area contributed by atoms with Crippen molar-refractivity contribution < 1.29 is 19.2 Å². The number of rotatable bonds is 4. The second kappa shape index (κ2) is 9.53. The Bertz CT molecular complexity index is 1200. The van der Waals surface area contributed by atoms with Gasteiger partial charge in [-0.1, -0.05) is 22.6 Å². The summed E-state index contributed by atoms with van der Waals surface area (Å²) in [5, 5.41) is 23.9. The second-order valence-corrected chi connectivity index (χ2v) is 9.24. The van der Waals surface area contributed by atoms with Crippen molar-refractivity contribution in [3.63, 3.8) is 0 Å². The molecule has 12 heteroatoms. The first-order valence-electron chi connectivity index (χ1n) is 10.5. The average Bonchev–Trinajstić information content (AvgIpc) is 3.43. The SMILES string of the molecule is Cc1cc(C(=O)NC[C@H]2[C@H]3C[C@H](CN(c4nnc(C)s4)C3)c3cccc(=O)n32)on1.O=CO. The number of carbonyl (C=O) groups excluding carboxylic acids is 1. The molecule has 2 bridgehead atoms. The third-order valence-electron chi connectivity index (χ3n) is 5.91. The molecular weight excluding hydrogens is 448 g/mol. The number of pyridine rings is 1. The van der Waals surface area contributed by atoms with Gasteiger partial charge in [-0.25, -0.2) is 0 Å². The fraction of sp³-hybridized carbons (Fsp3) is 0.429. The molecule has 5 rings (SSSR count). The van der Waals surface area contributed by atoms with Gasteiger partial charge in [0.05, 0.1) is 11.7 Å². The molecule has 0 aliphatic carbocycles. The summed E-state index contributed by atoms with van der Waals surface area (Å²) in [6.45, 7) is 5.39. The molecule has 2 aliphatic heterocycles. The summed E-state index contributed by atoms with van der Waals surface area (Å²) in [6, 6.07) is 6.88. The van der Waals surface area contributed by atoms with Gasteiger partial charge in [0.2, 0.25) is 10.9 Å². The molecule has 1 fully saturated rings. The number of hydrogen-bond donors (Lipinski definition) is 2. The van der Waals surface area contributed by atoms with E-state index in [9.17, 15) is 9.59 Å². The molecule has 5 heterocycles. The fourth-order valence-electron chi connectivity index (χ4n) is 4.63. The standard InChI is InChI=1S/C20H22N6O3S.CH2O2/c1-11-6-17(29-24-11)19(28)21-8-16-14-7-13(15-4-3-5-18(27)26(15)16)9-25(10-14)20-23-22-12(2)30-20;2-1-3/h3-6,13-14,16H,7-10H2,1-2H3,(H,21,28);1H,(H,2,3)/t13-,14+,16+;/m1./s1. The number of anilines is 1. The highest BCUT2D eigenvalue weighted by Gasteiger charge is 2.41. The van der Waals surface area contributed by atoms with Crippen molar-refractivity contribution in [3.8, 4) is 0 Å². The van der Waals surface area contributed by atoms with Crippen molar-refractivity contribution in [2.24, 2.45) is 5.92 Å². The highest BCUT2D eigenvalue weighted by atomic mass is 32.1. The number of amides is 1. The number of hydrogen-bond acceptors (Lipinski definition) is 9. The minimum Gasteiger partial charge on any atom is -0.483 e. The first-order chi connectivity index (χ1) is 15.9. The van der Waals surface area contributed by atoms with Crippen LogP contribution < -0.4 is 15.8 Å². The minimum absolute atomic E-state index is 0.0304. The summed E-state index contributed by atoms with van der Waals surface area (Å²) in [5.41, 5.74) is 1.63. The van der Waals surface area contributed by atoms with E-state index in [1.54, 1.807) is 30.4 Å². The highest BCUT2D eigenvalue weighted by molar-refractivity contribution is 7.15. The van der Waals surface area contributed by atoms with Crippen molar-refractivity contribution in [1.82, 2.24) is 25.2 Å². The third-order valence-corrected chi connectivity index (χ3v) is 6.81. The third kappa shape index (κ3) is 4.65. The summed E-state index contributed by atoms with van der Waals surface area (Å²) in [5.74, 6) is 0.301. The van der Waals surface area contributed by atoms with Crippen molar-refractivity contribution in [2.45, 2.75) is 32.2 Å². The van der Waals surface area contributed by atoms with Crippen molar-refractivity contribution in [3.05, 3.63) is 56.8 Å². The summed E-state index contributed by atoms with van der Waals surface area (Å²) < 4.78 is 6.93. The van der Waals surface area contributed by atoms with Crippen LogP contribution in [-0.4, -0.2) is 57.0 Å². The Morgan fingerprint density at radius 3 is 2.79 bits per heavy atom. The number of carbonyl (C=O) groups is 2. The van der Waals surface area contributed by atoms with Gasteiger partial charge in [0.15, 0.2) is 0 Å². The van der Waals surface area contributed by atoms with Crippen LogP contribution in [0.2, 0.25) is 0 Å². The number of fused-ring (bicyclic) bond motifs is 4. The molecular formula is C21H24N6O5S. The van der Waals surface area contributed by atoms with E-state index >= 15 is 0 Å². The quantitative estimate of drug-likeness (QED) is 0.541. The highest BCUT2D eigenvalue weighted by Crippen LogP contribution is 2.42. The second-order valence-electron chi connectivity index (χ2n) is 8.08. The van der Waals surface area contributed by atoms with Crippen molar-refractivity contribution in [1.29, 1.82) is 0 Å². The van der Waals surface area contributed by atoms with E-state index in [4.69, 9.17) is 14.4 Å². The Hall–Kier alpha value is -3.54. The van der Waals surface area contributed by atoms with E-state index in [1.807, 2.05) is 23.6 Å². The Morgan fingerprint density at radius 2 is 2.12 bits per heavy atom. The molecule has 0 aromatic carbocycles. The average molecular weight is 473 g/mol. The largest absolute Gasteiger partial charge is 0.483 e. The molecule has 0 unspecified atom stereocenters. The first kappa shape index (κ1) is 22.6. The molecule has 1 saturated heterocycles. The summed E-state index contributed by atoms with van der Waals surface area (Å²) in [4.78, 5) is 35.9. The Kier molecular flexibility index (Phi) is 6.54. The molecule has 2 N–H and O–H groups in total. The normalized spacial score (nSPS) is 20.9. The number of carboxylic acid groups (broad SMARTS) is 1. The first-order valence-corrected chi connectivity index (χ1v) is 11.3. The lowest BCUT2D eigenvalue weighted by atomic mass is 9.78. The molecule has 3 atom stereocenters. The molecule has 174 valence electrons. The Balaban J connectivity index is 0.000000821. The van der Waals surface area contributed by atoms with Gasteiger partial charge in [-0.2, -0.15) is 0 Å². The van der Waals surface area contributed by atoms with Crippen LogP contribution in [0.15, 0.2) is 33.6 Å². The predicted molar refractivity (Wildman–Crippen MR) is 120 cm³/mol. The van der Waals surface area contributed by atoms with Crippen LogP contribution in [0.3, 0.4) is 0 Å². The molecule has 3 aromatic rings. The van der Waals surface area contributed by atoms with E-state index < -0.39 is 0 Å². The van der Waals surface area contributed by atoms with Crippen LogP contribution in [0.25, 0.3) is 0 Å². The zero-order valence-electron chi connectivity index (χ0n) is 18.2. The number of nitrogens with one attached hydrogen (secondary N) is 1. The van der Waals surface area contributed by atoms with Crippen LogP contribution >= 0.6 is 11.3 Å². The zero-order chi connectivity index (χ0) is 23.5.